The Morgan fingerprint density at radius 2 is 1.62 bits per heavy atom. The van der Waals surface area contributed by atoms with Crippen LogP contribution in [0.5, 0.6) is 11.5 Å². The smallest absolute Gasteiger partial charge is 0.417 e. The van der Waals surface area contributed by atoms with Crippen LogP contribution in [0.15, 0.2) is 78.9 Å². The molecule has 2 atom stereocenters. The first-order valence-corrected chi connectivity index (χ1v) is 12.0. The quantitative estimate of drug-likeness (QED) is 0.453. The molecule has 2 N–H and O–H groups in total. The van der Waals surface area contributed by atoms with Crippen LogP contribution in [0.3, 0.4) is 0 Å². The van der Waals surface area contributed by atoms with Gasteiger partial charge in [0.25, 0.3) is 11.8 Å². The molecule has 0 spiro atoms. The lowest BCUT2D eigenvalue weighted by Gasteiger charge is -2.30. The Bertz CT molecular complexity index is 1350. The van der Waals surface area contributed by atoms with Gasteiger partial charge >= 0.3 is 12.1 Å². The molecule has 1 aliphatic heterocycles. The van der Waals surface area contributed by atoms with Crippen molar-refractivity contribution in [3.63, 3.8) is 0 Å². The number of amides is 3. The molecule has 0 aliphatic carbocycles. The number of nitrogens with one attached hydrogen (secondary N) is 1. The van der Waals surface area contributed by atoms with E-state index < -0.39 is 48.3 Å². The van der Waals surface area contributed by atoms with E-state index >= 15 is 0 Å². The largest absolute Gasteiger partial charge is 0.497 e. The summed E-state index contributed by atoms with van der Waals surface area (Å²) in [7, 11) is 1.45. The predicted molar refractivity (Wildman–Crippen MR) is 137 cm³/mol. The van der Waals surface area contributed by atoms with Crippen molar-refractivity contribution in [1.82, 2.24) is 15.1 Å². The van der Waals surface area contributed by atoms with Crippen LogP contribution in [-0.4, -0.2) is 65.1 Å². The van der Waals surface area contributed by atoms with Gasteiger partial charge in [0, 0.05) is 18.7 Å². The molecule has 0 radical (unpaired) electrons. The van der Waals surface area contributed by atoms with Crippen LogP contribution < -0.4 is 14.8 Å². The molecular formula is C28H26FN3O7. The van der Waals surface area contributed by atoms with E-state index in [2.05, 4.69) is 5.32 Å². The van der Waals surface area contributed by atoms with E-state index in [9.17, 15) is 28.7 Å². The van der Waals surface area contributed by atoms with Crippen molar-refractivity contribution in [3.05, 3.63) is 95.8 Å². The van der Waals surface area contributed by atoms with E-state index in [1.807, 2.05) is 0 Å². The third-order valence-corrected chi connectivity index (χ3v) is 6.13. The molecule has 1 saturated heterocycles. The predicted octanol–water partition coefficient (Wildman–Crippen LogP) is 3.45. The number of carbonyl (C=O) groups is 4. The number of methoxy groups -OCH3 is 1. The van der Waals surface area contributed by atoms with Crippen molar-refractivity contribution < 1.29 is 38.1 Å². The van der Waals surface area contributed by atoms with E-state index in [0.717, 1.165) is 17.0 Å². The molecule has 0 aromatic heterocycles. The summed E-state index contributed by atoms with van der Waals surface area (Å²) in [5.74, 6) is -2.40. The Hall–Kier alpha value is -4.93. The normalized spacial score (nSPS) is 15.4. The highest BCUT2D eigenvalue weighted by molar-refractivity contribution is 5.99. The van der Waals surface area contributed by atoms with Gasteiger partial charge in [-0.1, -0.05) is 36.4 Å². The van der Waals surface area contributed by atoms with Crippen LogP contribution in [-0.2, 0) is 9.59 Å². The van der Waals surface area contributed by atoms with Gasteiger partial charge in [-0.25, -0.2) is 9.18 Å². The molecule has 1 fully saturated rings. The van der Waals surface area contributed by atoms with E-state index in [-0.39, 0.29) is 24.4 Å². The average molecular weight is 536 g/mol. The monoisotopic (exact) mass is 535 g/mol. The third-order valence-electron chi connectivity index (χ3n) is 6.13. The lowest BCUT2D eigenvalue weighted by Crippen LogP contribution is -2.55. The molecule has 3 aromatic carbocycles. The molecular weight excluding hydrogens is 509 g/mol. The molecule has 3 amide bonds. The second kappa shape index (κ2) is 12.1. The molecule has 39 heavy (non-hydrogen) atoms. The molecule has 2 unspecified atom stereocenters. The van der Waals surface area contributed by atoms with Crippen molar-refractivity contribution in [1.29, 1.82) is 0 Å². The summed E-state index contributed by atoms with van der Waals surface area (Å²) in [6, 6.07) is 18.5. The van der Waals surface area contributed by atoms with Crippen LogP contribution in [0.2, 0.25) is 0 Å². The molecule has 3 aromatic rings. The number of aliphatic carboxylic acids is 1. The van der Waals surface area contributed by atoms with Crippen LogP contribution in [0, 0.1) is 5.82 Å². The number of carboxylic acid groups (broad SMARTS) is 1. The molecule has 1 heterocycles. The minimum absolute atomic E-state index is 0.0121. The minimum Gasteiger partial charge on any atom is -0.497 e. The maximum atomic E-state index is 13.7. The fourth-order valence-electron chi connectivity index (χ4n) is 4.25. The van der Waals surface area contributed by atoms with Gasteiger partial charge in [-0.15, -0.1) is 0 Å². The summed E-state index contributed by atoms with van der Waals surface area (Å²) in [5, 5.41) is 12.1. The zero-order valence-electron chi connectivity index (χ0n) is 21.0. The Morgan fingerprint density at radius 3 is 2.28 bits per heavy atom. The number of halogens is 1. The van der Waals surface area contributed by atoms with Crippen LogP contribution in [0.1, 0.15) is 28.4 Å². The highest BCUT2D eigenvalue weighted by Gasteiger charge is 2.44. The van der Waals surface area contributed by atoms with Gasteiger partial charge in [0.1, 0.15) is 17.3 Å². The Kier molecular flexibility index (Phi) is 8.40. The Morgan fingerprint density at radius 1 is 0.949 bits per heavy atom. The van der Waals surface area contributed by atoms with E-state index in [0.29, 0.717) is 11.3 Å². The number of carboxylic acids is 1. The van der Waals surface area contributed by atoms with Gasteiger partial charge in [-0.3, -0.25) is 19.3 Å². The Labute approximate surface area is 223 Å². The molecule has 202 valence electrons. The number of carbonyl (C=O) groups excluding carboxylic acids is 3. The molecule has 0 saturated carbocycles. The lowest BCUT2D eigenvalue weighted by atomic mass is 10.0. The topological polar surface area (TPSA) is 125 Å². The lowest BCUT2D eigenvalue weighted by molar-refractivity contribution is -0.138. The number of hydrogen-bond acceptors (Lipinski definition) is 6. The van der Waals surface area contributed by atoms with Crippen molar-refractivity contribution in [2.24, 2.45) is 0 Å². The fraction of sp³-hybridized carbons (Fsp3) is 0.214. The van der Waals surface area contributed by atoms with Gasteiger partial charge in [0.15, 0.2) is 6.17 Å². The number of rotatable bonds is 8. The number of para-hydroxylation sites is 1. The first-order valence-electron chi connectivity index (χ1n) is 12.0. The van der Waals surface area contributed by atoms with Crippen molar-refractivity contribution in [3.8, 4) is 11.5 Å². The zero-order chi connectivity index (χ0) is 27.9. The maximum absolute atomic E-state index is 13.7. The van der Waals surface area contributed by atoms with E-state index in [4.69, 9.17) is 9.47 Å². The number of ether oxygens (including phenoxy) is 2. The van der Waals surface area contributed by atoms with E-state index in [1.54, 1.807) is 48.5 Å². The number of benzene rings is 3. The fourth-order valence-corrected chi connectivity index (χ4v) is 4.25. The highest BCUT2D eigenvalue weighted by atomic mass is 19.1. The van der Waals surface area contributed by atoms with Gasteiger partial charge in [0.05, 0.1) is 19.6 Å². The van der Waals surface area contributed by atoms with Crippen LogP contribution >= 0.6 is 0 Å². The van der Waals surface area contributed by atoms with Gasteiger partial charge in [-0.05, 0) is 48.0 Å². The second-order valence-electron chi connectivity index (χ2n) is 8.69. The first kappa shape index (κ1) is 27.1. The SMILES string of the molecule is COc1cccc(C(=O)N2CCN(C(=O)Oc3ccccc3)C2C(=O)NC(CC(=O)O)c2ccc(F)cc2)c1. The van der Waals surface area contributed by atoms with Crippen LogP contribution in [0.4, 0.5) is 9.18 Å². The van der Waals surface area contributed by atoms with Crippen LogP contribution in [0.25, 0.3) is 0 Å². The molecule has 4 rings (SSSR count). The standard InChI is InChI=1S/C28H26FN3O7/c1-38-22-9-5-6-19(16-22)27(36)31-14-15-32(28(37)39-21-7-3-2-4-8-21)26(31)25(35)30-23(17-24(33)34)18-10-12-20(29)13-11-18/h2-13,16,23,26H,14-15,17H2,1H3,(H,30,35)(H,33,34). The summed E-state index contributed by atoms with van der Waals surface area (Å²) >= 11 is 0. The highest BCUT2D eigenvalue weighted by Crippen LogP contribution is 2.25. The summed E-state index contributed by atoms with van der Waals surface area (Å²) in [6.45, 7) is -0.00221. The zero-order valence-corrected chi connectivity index (χ0v) is 21.0. The molecule has 0 bridgehead atoms. The van der Waals surface area contributed by atoms with Crippen molar-refractivity contribution in [2.45, 2.75) is 18.6 Å². The number of hydrogen-bond donors (Lipinski definition) is 2. The maximum Gasteiger partial charge on any atom is 0.417 e. The average Bonchev–Trinajstić information content (AvgIpc) is 3.39. The second-order valence-corrected chi connectivity index (χ2v) is 8.69. The van der Waals surface area contributed by atoms with E-state index in [1.165, 1.54) is 30.2 Å². The summed E-state index contributed by atoms with van der Waals surface area (Å²) in [5.41, 5.74) is 0.570. The van der Waals surface area contributed by atoms with Crippen molar-refractivity contribution in [2.75, 3.05) is 20.2 Å². The molecule has 11 heteroatoms. The van der Waals surface area contributed by atoms with Gasteiger partial charge in [-0.2, -0.15) is 0 Å². The Balaban J connectivity index is 1.65. The molecule has 10 nitrogen and oxygen atoms in total. The molecule has 1 aliphatic rings. The minimum atomic E-state index is -1.45. The van der Waals surface area contributed by atoms with Crippen molar-refractivity contribution >= 4 is 23.9 Å². The summed E-state index contributed by atoms with van der Waals surface area (Å²) in [4.78, 5) is 54.2. The first-order chi connectivity index (χ1) is 18.8. The summed E-state index contributed by atoms with van der Waals surface area (Å²) in [6.07, 6.45) is -2.82. The van der Waals surface area contributed by atoms with Gasteiger partial charge < -0.3 is 24.8 Å². The third kappa shape index (κ3) is 6.50. The summed E-state index contributed by atoms with van der Waals surface area (Å²) < 4.78 is 24.1. The van der Waals surface area contributed by atoms with Gasteiger partial charge in [0.2, 0.25) is 0 Å². The number of nitrogens with zero attached hydrogens (tertiary/aromatic N) is 2.